The molecule has 0 amide bonds. The van der Waals surface area contributed by atoms with Gasteiger partial charge in [-0.2, -0.15) is 0 Å². The molecule has 4 nitrogen and oxygen atoms in total. The molecular weight excluding hydrogens is 189 g/mol. The highest BCUT2D eigenvalue weighted by Crippen LogP contribution is 2.21. The van der Waals surface area contributed by atoms with Gasteiger partial charge in [-0.15, -0.1) is 0 Å². The predicted molar refractivity (Wildman–Crippen MR) is 47.5 cm³/mol. The first-order valence-electron chi connectivity index (χ1n) is 3.94. The first kappa shape index (κ1) is 10.5. The second kappa shape index (κ2) is 4.06. The first-order valence-corrected chi connectivity index (χ1v) is 3.94. The average Bonchev–Trinajstić information content (AvgIpc) is 2.09. The topological polar surface area (TPSA) is 69.6 Å². The van der Waals surface area contributed by atoms with Crippen LogP contribution in [0.1, 0.15) is 11.6 Å². The molecule has 1 aromatic rings. The van der Waals surface area contributed by atoms with Crippen molar-refractivity contribution in [1.29, 1.82) is 0 Å². The fourth-order valence-electron chi connectivity index (χ4n) is 1.16. The molecule has 0 saturated heterocycles. The van der Waals surface area contributed by atoms with E-state index in [0.717, 1.165) is 6.07 Å². The number of carboxylic acids is 1. The molecule has 76 valence electrons. The quantitative estimate of drug-likeness (QED) is 0.675. The third kappa shape index (κ3) is 2.00. The van der Waals surface area contributed by atoms with Crippen molar-refractivity contribution >= 4 is 5.97 Å². The van der Waals surface area contributed by atoms with Crippen LogP contribution in [0.5, 0.6) is 5.75 Å². The van der Waals surface area contributed by atoms with Crippen LogP contribution in [0, 0.1) is 5.82 Å². The van der Waals surface area contributed by atoms with Crippen molar-refractivity contribution in [3.8, 4) is 5.75 Å². The van der Waals surface area contributed by atoms with Crippen LogP contribution in [0.15, 0.2) is 18.2 Å². The van der Waals surface area contributed by atoms with Crippen LogP contribution in [0.3, 0.4) is 0 Å². The Morgan fingerprint density at radius 2 is 2.21 bits per heavy atom. The van der Waals surface area contributed by atoms with Gasteiger partial charge in [0.05, 0.1) is 0 Å². The number of hydrogen-bond donors (Lipinski definition) is 3. The highest BCUT2D eigenvalue weighted by Gasteiger charge is 2.20. The normalized spacial score (nSPS) is 12.4. The Morgan fingerprint density at radius 3 is 2.64 bits per heavy atom. The molecule has 0 radical (unpaired) electrons. The Kier molecular flexibility index (Phi) is 3.03. The van der Waals surface area contributed by atoms with Crippen molar-refractivity contribution in [3.63, 3.8) is 0 Å². The van der Waals surface area contributed by atoms with Crippen LogP contribution in [0.2, 0.25) is 0 Å². The molecule has 0 aliphatic rings. The number of hydrogen-bond acceptors (Lipinski definition) is 3. The zero-order valence-electron chi connectivity index (χ0n) is 7.49. The summed E-state index contributed by atoms with van der Waals surface area (Å²) in [6.07, 6.45) is 0. The maximum Gasteiger partial charge on any atom is 0.325 e. The van der Waals surface area contributed by atoms with Gasteiger partial charge < -0.3 is 15.5 Å². The number of aliphatic carboxylic acids is 1. The maximum absolute atomic E-state index is 13.2. The van der Waals surface area contributed by atoms with Crippen LogP contribution < -0.4 is 5.32 Å². The lowest BCUT2D eigenvalue weighted by molar-refractivity contribution is -0.139. The summed E-state index contributed by atoms with van der Waals surface area (Å²) in [6.45, 7) is 0. The summed E-state index contributed by atoms with van der Waals surface area (Å²) in [5.41, 5.74) is -0.00204. The summed E-state index contributed by atoms with van der Waals surface area (Å²) in [6, 6.07) is 2.25. The number of phenols is 1. The summed E-state index contributed by atoms with van der Waals surface area (Å²) in [5.74, 6) is -2.14. The second-order valence-corrected chi connectivity index (χ2v) is 2.77. The van der Waals surface area contributed by atoms with Gasteiger partial charge in [-0.3, -0.25) is 4.79 Å². The van der Waals surface area contributed by atoms with Crippen LogP contribution in [0.4, 0.5) is 4.39 Å². The number of likely N-dealkylation sites (N-methyl/N-ethyl adjacent to an activating group) is 1. The molecule has 1 rings (SSSR count). The average molecular weight is 199 g/mol. The van der Waals surface area contributed by atoms with Gasteiger partial charge in [0.25, 0.3) is 0 Å². The summed E-state index contributed by atoms with van der Waals surface area (Å²) < 4.78 is 13.2. The molecule has 0 spiro atoms. The van der Waals surface area contributed by atoms with Crippen molar-refractivity contribution in [2.24, 2.45) is 0 Å². The SMILES string of the molecule is CNC(C(=O)O)c1ccc(O)cc1F. The van der Waals surface area contributed by atoms with Gasteiger partial charge in [0.1, 0.15) is 17.6 Å². The minimum absolute atomic E-state index is 0.00204. The third-order valence-corrected chi connectivity index (χ3v) is 1.83. The summed E-state index contributed by atoms with van der Waals surface area (Å²) in [5, 5.41) is 20.1. The Hall–Kier alpha value is -1.62. The van der Waals surface area contributed by atoms with E-state index >= 15 is 0 Å². The van der Waals surface area contributed by atoms with Gasteiger partial charge in [-0.05, 0) is 13.1 Å². The lowest BCUT2D eigenvalue weighted by Crippen LogP contribution is -2.25. The van der Waals surface area contributed by atoms with Gasteiger partial charge in [-0.25, -0.2) is 4.39 Å². The van der Waals surface area contributed by atoms with Crippen molar-refractivity contribution < 1.29 is 19.4 Å². The van der Waals surface area contributed by atoms with E-state index in [-0.39, 0.29) is 11.3 Å². The van der Waals surface area contributed by atoms with Gasteiger partial charge in [0.2, 0.25) is 0 Å². The number of carboxylic acid groups (broad SMARTS) is 1. The molecule has 0 fully saturated rings. The number of carbonyl (C=O) groups is 1. The molecule has 1 unspecified atom stereocenters. The van der Waals surface area contributed by atoms with E-state index in [1.54, 1.807) is 0 Å². The smallest absolute Gasteiger partial charge is 0.325 e. The molecule has 0 aliphatic heterocycles. The van der Waals surface area contributed by atoms with E-state index in [9.17, 15) is 9.18 Å². The fourth-order valence-corrected chi connectivity index (χ4v) is 1.16. The minimum Gasteiger partial charge on any atom is -0.508 e. The molecule has 0 bridgehead atoms. The first-order chi connectivity index (χ1) is 6.56. The van der Waals surface area contributed by atoms with E-state index in [1.165, 1.54) is 19.2 Å². The van der Waals surface area contributed by atoms with Crippen molar-refractivity contribution in [3.05, 3.63) is 29.6 Å². The molecular formula is C9H10FNO3. The lowest BCUT2D eigenvalue weighted by Gasteiger charge is -2.12. The largest absolute Gasteiger partial charge is 0.508 e. The fraction of sp³-hybridized carbons (Fsp3) is 0.222. The Labute approximate surface area is 80.0 Å². The maximum atomic E-state index is 13.2. The molecule has 3 N–H and O–H groups in total. The number of phenolic OH excluding ortho intramolecular Hbond substituents is 1. The van der Waals surface area contributed by atoms with Gasteiger partial charge in [0.15, 0.2) is 0 Å². The van der Waals surface area contributed by atoms with E-state index < -0.39 is 17.8 Å². The van der Waals surface area contributed by atoms with Crippen LogP contribution in [-0.2, 0) is 4.79 Å². The molecule has 0 aliphatic carbocycles. The summed E-state index contributed by atoms with van der Waals surface area (Å²) in [7, 11) is 1.42. The standard InChI is InChI=1S/C9H10FNO3/c1-11-8(9(13)14)6-3-2-5(12)4-7(6)10/h2-4,8,11-12H,1H3,(H,13,14). The van der Waals surface area contributed by atoms with E-state index in [2.05, 4.69) is 5.32 Å². The van der Waals surface area contributed by atoms with Gasteiger partial charge in [-0.1, -0.05) is 6.07 Å². The van der Waals surface area contributed by atoms with E-state index in [0.29, 0.717) is 0 Å². The van der Waals surface area contributed by atoms with Gasteiger partial charge in [0, 0.05) is 11.6 Å². The number of benzene rings is 1. The zero-order valence-corrected chi connectivity index (χ0v) is 7.49. The zero-order chi connectivity index (χ0) is 10.7. The van der Waals surface area contributed by atoms with E-state index in [4.69, 9.17) is 10.2 Å². The summed E-state index contributed by atoms with van der Waals surface area (Å²) in [4.78, 5) is 10.7. The molecule has 0 heterocycles. The Morgan fingerprint density at radius 1 is 1.57 bits per heavy atom. The molecule has 1 aromatic carbocycles. The summed E-state index contributed by atoms with van der Waals surface area (Å²) >= 11 is 0. The highest BCUT2D eigenvalue weighted by molar-refractivity contribution is 5.75. The van der Waals surface area contributed by atoms with Crippen molar-refractivity contribution in [2.45, 2.75) is 6.04 Å². The predicted octanol–water partition coefficient (Wildman–Crippen LogP) is 0.876. The minimum atomic E-state index is -1.17. The molecule has 0 aromatic heterocycles. The Bertz CT molecular complexity index is 354. The van der Waals surface area contributed by atoms with Gasteiger partial charge >= 0.3 is 5.97 Å². The van der Waals surface area contributed by atoms with Crippen LogP contribution in [-0.4, -0.2) is 23.2 Å². The van der Waals surface area contributed by atoms with E-state index in [1.807, 2.05) is 0 Å². The van der Waals surface area contributed by atoms with Crippen LogP contribution in [0.25, 0.3) is 0 Å². The van der Waals surface area contributed by atoms with Crippen molar-refractivity contribution in [2.75, 3.05) is 7.05 Å². The third-order valence-electron chi connectivity index (χ3n) is 1.83. The Balaban J connectivity index is 3.10. The number of nitrogens with one attached hydrogen (secondary N) is 1. The highest BCUT2D eigenvalue weighted by atomic mass is 19.1. The number of rotatable bonds is 3. The number of aromatic hydroxyl groups is 1. The monoisotopic (exact) mass is 199 g/mol. The second-order valence-electron chi connectivity index (χ2n) is 2.77. The lowest BCUT2D eigenvalue weighted by atomic mass is 10.1. The molecule has 0 saturated carbocycles. The molecule has 1 atom stereocenters. The number of halogens is 1. The molecule has 5 heteroatoms. The van der Waals surface area contributed by atoms with Crippen LogP contribution >= 0.6 is 0 Å². The van der Waals surface area contributed by atoms with Crippen molar-refractivity contribution in [1.82, 2.24) is 5.32 Å². The molecule has 14 heavy (non-hydrogen) atoms.